The monoisotopic (exact) mass is 356 g/mol. The third-order valence-corrected chi connectivity index (χ3v) is 5.58. The van der Waals surface area contributed by atoms with E-state index in [1.54, 1.807) is 11.8 Å². The molecule has 1 saturated heterocycles. The van der Waals surface area contributed by atoms with Crippen LogP contribution in [0.4, 0.5) is 0 Å². The molecule has 0 radical (unpaired) electrons. The molecular weight excluding hydrogens is 332 g/mol. The largest absolute Gasteiger partial charge is 0.441 e. The van der Waals surface area contributed by atoms with Crippen LogP contribution in [0.2, 0.25) is 0 Å². The molecule has 2 aliphatic rings. The number of aliphatic imine (C=N–C) groups is 1. The molecule has 4 rings (SSSR count). The normalized spacial score (nSPS) is 20.4. The van der Waals surface area contributed by atoms with E-state index in [4.69, 9.17) is 4.42 Å². The van der Waals surface area contributed by atoms with Crippen molar-refractivity contribution in [3.63, 3.8) is 0 Å². The summed E-state index contributed by atoms with van der Waals surface area (Å²) >= 11 is 1.74. The van der Waals surface area contributed by atoms with Gasteiger partial charge in [-0.1, -0.05) is 24.2 Å². The topological polar surface area (TPSA) is 53.7 Å². The van der Waals surface area contributed by atoms with Gasteiger partial charge in [-0.15, -0.1) is 0 Å². The number of amidine groups is 1. The van der Waals surface area contributed by atoms with Crippen molar-refractivity contribution >= 4 is 34.1 Å². The minimum absolute atomic E-state index is 0.707. The minimum Gasteiger partial charge on any atom is -0.441 e. The molecular formula is C19H24N4OS. The first-order chi connectivity index (χ1) is 12.3. The number of hydrogen-bond acceptors (Lipinski definition) is 6. The van der Waals surface area contributed by atoms with Gasteiger partial charge >= 0.3 is 0 Å². The molecule has 1 N–H and O–H groups in total. The molecule has 0 unspecified atom stereocenters. The molecule has 0 bridgehead atoms. The number of fused-ring (bicyclic) bond motifs is 1. The van der Waals surface area contributed by atoms with Crippen LogP contribution in [0.5, 0.6) is 0 Å². The highest BCUT2D eigenvalue weighted by molar-refractivity contribution is 8.17. The van der Waals surface area contributed by atoms with E-state index in [-0.39, 0.29) is 0 Å². The zero-order valence-corrected chi connectivity index (χ0v) is 15.4. The average molecular weight is 356 g/mol. The predicted octanol–water partition coefficient (Wildman–Crippen LogP) is 3.66. The molecule has 0 amide bonds. The molecule has 2 aromatic rings. The number of piperidine rings is 1. The smallest absolute Gasteiger partial charge is 0.192 e. The van der Waals surface area contributed by atoms with Crippen LogP contribution in [0.3, 0.4) is 0 Å². The zero-order chi connectivity index (χ0) is 17.1. The summed E-state index contributed by atoms with van der Waals surface area (Å²) in [5.41, 5.74) is 2.89. The first kappa shape index (κ1) is 16.7. The van der Waals surface area contributed by atoms with E-state index in [1.165, 1.54) is 37.3 Å². The summed E-state index contributed by atoms with van der Waals surface area (Å²) in [6, 6.07) is 6.14. The van der Waals surface area contributed by atoms with Crippen molar-refractivity contribution in [2.45, 2.75) is 26.2 Å². The van der Waals surface area contributed by atoms with E-state index >= 15 is 0 Å². The molecule has 5 nitrogen and oxygen atoms in total. The van der Waals surface area contributed by atoms with Gasteiger partial charge in [0.25, 0.3) is 0 Å². The fourth-order valence-corrected chi connectivity index (χ4v) is 4.22. The fourth-order valence-electron chi connectivity index (χ4n) is 3.34. The van der Waals surface area contributed by atoms with Crippen molar-refractivity contribution in [2.24, 2.45) is 4.99 Å². The van der Waals surface area contributed by atoms with Crippen LogP contribution < -0.4 is 5.32 Å². The van der Waals surface area contributed by atoms with Gasteiger partial charge in [-0.05, 0) is 49.7 Å². The Morgan fingerprint density at radius 2 is 2.16 bits per heavy atom. The molecule has 0 aliphatic carbocycles. The van der Waals surface area contributed by atoms with Gasteiger partial charge in [-0.25, -0.2) is 4.98 Å². The number of oxazole rings is 1. The summed E-state index contributed by atoms with van der Waals surface area (Å²) < 4.78 is 5.61. The molecule has 1 fully saturated rings. The Hall–Kier alpha value is -1.79. The molecule has 0 atom stereocenters. The Morgan fingerprint density at radius 3 is 3.04 bits per heavy atom. The second-order valence-corrected chi connectivity index (χ2v) is 7.74. The third-order valence-electron chi connectivity index (χ3n) is 4.61. The Bertz CT molecular complexity index is 805. The molecule has 0 spiro atoms. The first-order valence-corrected chi connectivity index (χ1v) is 9.84. The van der Waals surface area contributed by atoms with Crippen LogP contribution in [-0.2, 0) is 0 Å². The number of aryl methyl sites for hydroxylation is 1. The summed E-state index contributed by atoms with van der Waals surface area (Å²) in [7, 11) is 0. The predicted molar refractivity (Wildman–Crippen MR) is 105 cm³/mol. The van der Waals surface area contributed by atoms with Gasteiger partial charge in [0.15, 0.2) is 16.6 Å². The molecule has 1 aromatic carbocycles. The molecule has 6 heteroatoms. The van der Waals surface area contributed by atoms with Crippen LogP contribution >= 0.6 is 11.8 Å². The number of nitrogens with zero attached hydrogens (tertiary/aromatic N) is 3. The fraction of sp³-hybridized carbons (Fsp3) is 0.474. The number of benzene rings is 1. The van der Waals surface area contributed by atoms with Gasteiger partial charge in [-0.3, -0.25) is 4.99 Å². The highest BCUT2D eigenvalue weighted by Gasteiger charge is 2.14. The second kappa shape index (κ2) is 7.62. The molecule has 25 heavy (non-hydrogen) atoms. The van der Waals surface area contributed by atoms with Crippen molar-refractivity contribution in [1.82, 2.24) is 15.2 Å². The zero-order valence-electron chi connectivity index (χ0n) is 14.6. The number of likely N-dealkylation sites (tertiary alicyclic amines) is 1. The lowest BCUT2D eigenvalue weighted by molar-refractivity contribution is 0.232. The highest BCUT2D eigenvalue weighted by atomic mass is 32.2. The Morgan fingerprint density at radius 1 is 1.28 bits per heavy atom. The van der Waals surface area contributed by atoms with Crippen LogP contribution in [0, 0.1) is 6.92 Å². The van der Waals surface area contributed by atoms with Gasteiger partial charge in [-0.2, -0.15) is 0 Å². The maximum absolute atomic E-state index is 5.61. The van der Waals surface area contributed by atoms with Crippen molar-refractivity contribution in [2.75, 3.05) is 32.7 Å². The summed E-state index contributed by atoms with van der Waals surface area (Å²) in [5, 5.41) is 4.52. The molecule has 2 aliphatic heterocycles. The quantitative estimate of drug-likeness (QED) is 0.906. The molecule has 3 heterocycles. The van der Waals surface area contributed by atoms with Gasteiger partial charge in [0.2, 0.25) is 0 Å². The number of thioether (sulfide) groups is 1. The number of hydrogen-bond donors (Lipinski definition) is 1. The van der Waals surface area contributed by atoms with Gasteiger partial charge in [0.05, 0.1) is 6.54 Å². The number of rotatable bonds is 4. The lowest BCUT2D eigenvalue weighted by atomic mass is 10.1. The SMILES string of the molecule is Cc1nc2ccc(C=C3CN=C(NCCN4CCCCC4)S3)cc2o1. The molecule has 132 valence electrons. The van der Waals surface area contributed by atoms with E-state index in [0.717, 1.165) is 41.5 Å². The van der Waals surface area contributed by atoms with E-state index < -0.39 is 0 Å². The Balaban J connectivity index is 1.30. The van der Waals surface area contributed by atoms with Crippen LogP contribution in [-0.4, -0.2) is 47.8 Å². The Kier molecular flexibility index (Phi) is 5.08. The first-order valence-electron chi connectivity index (χ1n) is 9.02. The maximum Gasteiger partial charge on any atom is 0.192 e. The number of aromatic nitrogens is 1. The Labute approximate surface area is 152 Å². The van der Waals surface area contributed by atoms with Crippen molar-refractivity contribution in [3.8, 4) is 0 Å². The lowest BCUT2D eigenvalue weighted by Gasteiger charge is -2.26. The summed E-state index contributed by atoms with van der Waals surface area (Å²) in [4.78, 5) is 12.8. The van der Waals surface area contributed by atoms with E-state index in [9.17, 15) is 0 Å². The molecule has 1 aromatic heterocycles. The van der Waals surface area contributed by atoms with Crippen molar-refractivity contribution < 1.29 is 4.42 Å². The summed E-state index contributed by atoms with van der Waals surface area (Å²) in [5.74, 6) is 0.707. The van der Waals surface area contributed by atoms with Crippen LogP contribution in [0.25, 0.3) is 17.2 Å². The van der Waals surface area contributed by atoms with Crippen molar-refractivity contribution in [3.05, 3.63) is 34.6 Å². The summed E-state index contributed by atoms with van der Waals surface area (Å²) in [6.45, 7) is 7.21. The summed E-state index contributed by atoms with van der Waals surface area (Å²) in [6.07, 6.45) is 6.26. The van der Waals surface area contributed by atoms with E-state index in [1.807, 2.05) is 19.1 Å². The van der Waals surface area contributed by atoms with Gasteiger partial charge in [0, 0.05) is 24.9 Å². The van der Waals surface area contributed by atoms with Crippen LogP contribution in [0.1, 0.15) is 30.7 Å². The highest BCUT2D eigenvalue weighted by Crippen LogP contribution is 2.27. The molecule has 0 saturated carbocycles. The minimum atomic E-state index is 0.707. The van der Waals surface area contributed by atoms with Crippen LogP contribution in [0.15, 0.2) is 32.5 Å². The second-order valence-electron chi connectivity index (χ2n) is 6.62. The number of nitrogens with one attached hydrogen (secondary N) is 1. The maximum atomic E-state index is 5.61. The standard InChI is InChI=1S/C19H24N4OS/c1-14-22-17-6-5-15(12-18(17)24-14)11-16-13-21-19(25-16)20-7-10-23-8-3-2-4-9-23/h5-6,11-12H,2-4,7-10,13H2,1H3,(H,20,21). The van der Waals surface area contributed by atoms with E-state index in [0.29, 0.717) is 5.89 Å². The third kappa shape index (κ3) is 4.25. The van der Waals surface area contributed by atoms with E-state index in [2.05, 4.69) is 32.3 Å². The van der Waals surface area contributed by atoms with Gasteiger partial charge in [0.1, 0.15) is 5.52 Å². The van der Waals surface area contributed by atoms with Crippen molar-refractivity contribution in [1.29, 1.82) is 0 Å². The lowest BCUT2D eigenvalue weighted by Crippen LogP contribution is -2.36. The van der Waals surface area contributed by atoms with Gasteiger partial charge < -0.3 is 14.6 Å². The average Bonchev–Trinajstić information content (AvgIpc) is 3.21.